The smallest absolute Gasteiger partial charge is 0.257 e. The summed E-state index contributed by atoms with van der Waals surface area (Å²) < 4.78 is 28.9. The van der Waals surface area contributed by atoms with Gasteiger partial charge in [-0.15, -0.1) is 0 Å². The lowest BCUT2D eigenvalue weighted by Gasteiger charge is -2.34. The minimum atomic E-state index is -3.80. The molecule has 162 valence electrons. The summed E-state index contributed by atoms with van der Waals surface area (Å²) in [5.41, 5.74) is 1.56. The number of benzene rings is 2. The van der Waals surface area contributed by atoms with Gasteiger partial charge in [0.25, 0.3) is 5.91 Å². The van der Waals surface area contributed by atoms with E-state index >= 15 is 0 Å². The second kappa shape index (κ2) is 9.00. The first-order valence-corrected chi connectivity index (χ1v) is 11.9. The number of carbonyl (C=O) groups is 1. The standard InChI is InChI=1S/C21H20Cl2N4O3S/c22-18-7-4-8-19(20(18)23)31(29,30)27-11-9-25(10-12-27)21(28)17-13-24-26(15-17)14-16-5-2-1-3-6-16/h1-8,13,15H,9-12,14H2. The molecule has 1 aliphatic heterocycles. The van der Waals surface area contributed by atoms with Crippen LogP contribution in [0.15, 0.2) is 65.8 Å². The van der Waals surface area contributed by atoms with Crippen LogP contribution in [0.25, 0.3) is 0 Å². The Hall–Kier alpha value is -2.39. The van der Waals surface area contributed by atoms with Crippen LogP contribution >= 0.6 is 23.2 Å². The van der Waals surface area contributed by atoms with E-state index in [0.29, 0.717) is 12.1 Å². The molecule has 0 unspecified atom stereocenters. The maximum atomic E-state index is 12.9. The fraction of sp³-hybridized carbons (Fsp3) is 0.238. The predicted octanol–water partition coefficient (Wildman–Crippen LogP) is 3.38. The molecule has 3 aromatic rings. The molecule has 0 aliphatic carbocycles. The molecule has 2 heterocycles. The zero-order chi connectivity index (χ0) is 22.0. The second-order valence-corrected chi connectivity index (χ2v) is 9.85. The van der Waals surface area contributed by atoms with Crippen LogP contribution in [-0.4, -0.2) is 59.5 Å². The fourth-order valence-electron chi connectivity index (χ4n) is 3.47. The number of rotatable bonds is 5. The zero-order valence-electron chi connectivity index (χ0n) is 16.5. The topological polar surface area (TPSA) is 75.5 Å². The molecular formula is C21H20Cl2N4O3S. The molecule has 1 aliphatic rings. The molecule has 1 amide bonds. The van der Waals surface area contributed by atoms with Crippen molar-refractivity contribution in [3.63, 3.8) is 0 Å². The summed E-state index contributed by atoms with van der Waals surface area (Å²) in [5.74, 6) is -0.169. The lowest BCUT2D eigenvalue weighted by Crippen LogP contribution is -2.50. The molecule has 1 saturated heterocycles. The van der Waals surface area contributed by atoms with Crippen LogP contribution < -0.4 is 0 Å². The normalized spacial score (nSPS) is 15.2. The van der Waals surface area contributed by atoms with E-state index in [1.807, 2.05) is 30.3 Å². The summed E-state index contributed by atoms with van der Waals surface area (Å²) >= 11 is 12.1. The van der Waals surface area contributed by atoms with Crippen molar-refractivity contribution in [1.82, 2.24) is 19.0 Å². The SMILES string of the molecule is O=C(c1cnn(Cc2ccccc2)c1)N1CCN(S(=O)(=O)c2cccc(Cl)c2Cl)CC1. The van der Waals surface area contributed by atoms with E-state index in [-0.39, 0.29) is 47.0 Å². The predicted molar refractivity (Wildman–Crippen MR) is 119 cm³/mol. The third-order valence-corrected chi connectivity index (χ3v) is 8.00. The van der Waals surface area contributed by atoms with Crippen LogP contribution in [0, 0.1) is 0 Å². The summed E-state index contributed by atoms with van der Waals surface area (Å²) in [6.45, 7) is 1.48. The molecule has 1 fully saturated rings. The number of nitrogens with zero attached hydrogens (tertiary/aromatic N) is 4. The molecule has 0 saturated carbocycles. The van der Waals surface area contributed by atoms with Gasteiger partial charge >= 0.3 is 0 Å². The van der Waals surface area contributed by atoms with Crippen LogP contribution in [0.3, 0.4) is 0 Å². The average Bonchev–Trinajstić information content (AvgIpc) is 3.24. The number of aromatic nitrogens is 2. The third kappa shape index (κ3) is 4.62. The zero-order valence-corrected chi connectivity index (χ0v) is 18.8. The minimum absolute atomic E-state index is 0.00787. The van der Waals surface area contributed by atoms with Crippen LogP contribution in [0.1, 0.15) is 15.9 Å². The van der Waals surface area contributed by atoms with Crippen molar-refractivity contribution >= 4 is 39.1 Å². The van der Waals surface area contributed by atoms with Gasteiger partial charge < -0.3 is 4.90 Å². The second-order valence-electron chi connectivity index (χ2n) is 7.16. The molecular weight excluding hydrogens is 459 g/mol. The summed E-state index contributed by atoms with van der Waals surface area (Å²) in [6.07, 6.45) is 3.25. The molecule has 4 rings (SSSR count). The molecule has 1 aromatic heterocycles. The van der Waals surface area contributed by atoms with Gasteiger partial charge in [0, 0.05) is 32.4 Å². The van der Waals surface area contributed by atoms with Gasteiger partial charge in [0.1, 0.15) is 4.90 Å². The van der Waals surface area contributed by atoms with E-state index in [0.717, 1.165) is 5.56 Å². The van der Waals surface area contributed by atoms with Crippen LogP contribution in [0.2, 0.25) is 10.0 Å². The number of sulfonamides is 1. The van der Waals surface area contributed by atoms with Crippen LogP contribution in [0.4, 0.5) is 0 Å². The van der Waals surface area contributed by atoms with E-state index in [1.54, 1.807) is 28.0 Å². The molecule has 7 nitrogen and oxygen atoms in total. The van der Waals surface area contributed by atoms with E-state index in [1.165, 1.54) is 16.4 Å². The first kappa shape index (κ1) is 21.8. The molecule has 10 heteroatoms. The maximum absolute atomic E-state index is 12.9. The van der Waals surface area contributed by atoms with Crippen molar-refractivity contribution in [2.45, 2.75) is 11.4 Å². The van der Waals surface area contributed by atoms with E-state index in [9.17, 15) is 13.2 Å². The number of halogens is 2. The Morgan fingerprint density at radius 1 is 0.968 bits per heavy atom. The van der Waals surface area contributed by atoms with E-state index in [2.05, 4.69) is 5.10 Å². The number of piperazine rings is 1. The Bertz CT molecular complexity index is 1190. The van der Waals surface area contributed by atoms with Gasteiger partial charge in [-0.05, 0) is 17.7 Å². The molecule has 0 spiro atoms. The highest BCUT2D eigenvalue weighted by atomic mass is 35.5. The molecule has 0 bridgehead atoms. The van der Waals surface area contributed by atoms with Crippen molar-refractivity contribution in [3.8, 4) is 0 Å². The molecule has 0 N–H and O–H groups in total. The Morgan fingerprint density at radius 3 is 2.39 bits per heavy atom. The highest BCUT2D eigenvalue weighted by Crippen LogP contribution is 2.31. The highest BCUT2D eigenvalue weighted by Gasteiger charge is 2.32. The van der Waals surface area contributed by atoms with Gasteiger partial charge in [0.05, 0.1) is 28.4 Å². The highest BCUT2D eigenvalue weighted by molar-refractivity contribution is 7.89. The van der Waals surface area contributed by atoms with E-state index in [4.69, 9.17) is 23.2 Å². The fourth-order valence-corrected chi connectivity index (χ4v) is 5.63. The number of hydrogen-bond acceptors (Lipinski definition) is 4. The summed E-state index contributed by atoms with van der Waals surface area (Å²) in [6, 6.07) is 14.4. The lowest BCUT2D eigenvalue weighted by molar-refractivity contribution is 0.0698. The quantitative estimate of drug-likeness (QED) is 0.563. The Balaban J connectivity index is 1.41. The van der Waals surface area contributed by atoms with Crippen molar-refractivity contribution < 1.29 is 13.2 Å². The molecule has 0 atom stereocenters. The minimum Gasteiger partial charge on any atom is -0.336 e. The Labute approximate surface area is 190 Å². The van der Waals surface area contributed by atoms with Gasteiger partial charge in [0.2, 0.25) is 10.0 Å². The summed E-state index contributed by atoms with van der Waals surface area (Å²) in [4.78, 5) is 14.5. The van der Waals surface area contributed by atoms with Gasteiger partial charge in [-0.1, -0.05) is 59.6 Å². The summed E-state index contributed by atoms with van der Waals surface area (Å²) in [5, 5.41) is 4.47. The van der Waals surface area contributed by atoms with Crippen molar-refractivity contribution in [2.24, 2.45) is 0 Å². The molecule has 0 radical (unpaired) electrons. The maximum Gasteiger partial charge on any atom is 0.257 e. The molecule has 2 aromatic carbocycles. The number of hydrogen-bond donors (Lipinski definition) is 0. The van der Waals surface area contributed by atoms with Gasteiger partial charge in [-0.25, -0.2) is 8.42 Å². The van der Waals surface area contributed by atoms with Crippen LogP contribution in [0.5, 0.6) is 0 Å². The van der Waals surface area contributed by atoms with Crippen LogP contribution in [-0.2, 0) is 16.6 Å². The van der Waals surface area contributed by atoms with Gasteiger partial charge in [-0.3, -0.25) is 9.48 Å². The van der Waals surface area contributed by atoms with Crippen molar-refractivity contribution in [2.75, 3.05) is 26.2 Å². The van der Waals surface area contributed by atoms with Crippen molar-refractivity contribution in [1.29, 1.82) is 0 Å². The van der Waals surface area contributed by atoms with Gasteiger partial charge in [0.15, 0.2) is 0 Å². The first-order valence-electron chi connectivity index (χ1n) is 9.66. The molecule has 31 heavy (non-hydrogen) atoms. The Morgan fingerprint density at radius 2 is 1.68 bits per heavy atom. The first-order chi connectivity index (χ1) is 14.9. The lowest BCUT2D eigenvalue weighted by atomic mass is 10.2. The largest absolute Gasteiger partial charge is 0.336 e. The average molecular weight is 479 g/mol. The third-order valence-electron chi connectivity index (χ3n) is 5.13. The van der Waals surface area contributed by atoms with E-state index < -0.39 is 10.0 Å². The summed E-state index contributed by atoms with van der Waals surface area (Å²) in [7, 11) is -3.80. The number of amides is 1. The monoisotopic (exact) mass is 478 g/mol. The Kier molecular flexibility index (Phi) is 6.34. The van der Waals surface area contributed by atoms with Gasteiger partial charge in [-0.2, -0.15) is 9.40 Å². The van der Waals surface area contributed by atoms with Crippen molar-refractivity contribution in [3.05, 3.63) is 82.1 Å². The number of carbonyl (C=O) groups excluding carboxylic acids is 1.